The number of halogens is 3. The summed E-state index contributed by atoms with van der Waals surface area (Å²) in [5.41, 5.74) is 4.40. The highest BCUT2D eigenvalue weighted by molar-refractivity contribution is 5.73. The Balaban J connectivity index is 2.39. The summed E-state index contributed by atoms with van der Waals surface area (Å²) < 4.78 is 43.2. The van der Waals surface area contributed by atoms with E-state index in [0.29, 0.717) is 19.4 Å². The summed E-state index contributed by atoms with van der Waals surface area (Å²) in [7, 11) is 0. The first-order valence-electron chi connectivity index (χ1n) is 5.92. The standard InChI is InChI=1S/C13H16F3NO2/c14-13(15,16)11-6-2-1-5-10(11)9-19-8-4-3-7-12(17)18/h1-2,5-6H,3-4,7-9H2,(H2,17,18). The Morgan fingerprint density at radius 1 is 1.21 bits per heavy atom. The van der Waals surface area contributed by atoms with Crippen LogP contribution in [-0.4, -0.2) is 12.5 Å². The van der Waals surface area contributed by atoms with Crippen LogP contribution in [0.15, 0.2) is 24.3 Å². The molecule has 0 spiro atoms. The molecule has 6 heteroatoms. The number of rotatable bonds is 7. The zero-order chi connectivity index (χ0) is 14.3. The molecule has 0 atom stereocenters. The van der Waals surface area contributed by atoms with Gasteiger partial charge in [-0.2, -0.15) is 13.2 Å². The Labute approximate surface area is 109 Å². The normalized spacial score (nSPS) is 11.5. The van der Waals surface area contributed by atoms with Crippen molar-refractivity contribution >= 4 is 5.91 Å². The van der Waals surface area contributed by atoms with Gasteiger partial charge in [0.25, 0.3) is 0 Å². The van der Waals surface area contributed by atoms with Crippen molar-refractivity contribution in [1.29, 1.82) is 0 Å². The van der Waals surface area contributed by atoms with Crippen LogP contribution in [-0.2, 0) is 22.3 Å². The van der Waals surface area contributed by atoms with Gasteiger partial charge < -0.3 is 10.5 Å². The largest absolute Gasteiger partial charge is 0.416 e. The molecule has 0 aliphatic carbocycles. The topological polar surface area (TPSA) is 52.3 Å². The van der Waals surface area contributed by atoms with E-state index in [1.54, 1.807) is 6.07 Å². The third kappa shape index (κ3) is 5.74. The zero-order valence-electron chi connectivity index (χ0n) is 10.4. The number of primary amides is 1. The predicted molar refractivity (Wildman–Crippen MR) is 64.1 cm³/mol. The Bertz CT molecular complexity index is 419. The third-order valence-electron chi connectivity index (χ3n) is 2.54. The second-order valence-corrected chi connectivity index (χ2v) is 4.13. The summed E-state index contributed by atoms with van der Waals surface area (Å²) in [6.07, 6.45) is -2.93. The summed E-state index contributed by atoms with van der Waals surface area (Å²) in [6.45, 7) is 0.214. The summed E-state index contributed by atoms with van der Waals surface area (Å²) in [6, 6.07) is 5.32. The fourth-order valence-electron chi connectivity index (χ4n) is 1.61. The van der Waals surface area contributed by atoms with E-state index in [-0.39, 0.29) is 24.5 Å². The van der Waals surface area contributed by atoms with Gasteiger partial charge in [-0.25, -0.2) is 0 Å². The molecule has 0 aliphatic rings. The number of hydrogen-bond acceptors (Lipinski definition) is 2. The van der Waals surface area contributed by atoms with Crippen LogP contribution < -0.4 is 5.73 Å². The van der Waals surface area contributed by atoms with Crippen molar-refractivity contribution in [3.05, 3.63) is 35.4 Å². The van der Waals surface area contributed by atoms with Crippen LogP contribution in [0.25, 0.3) is 0 Å². The van der Waals surface area contributed by atoms with Gasteiger partial charge in [0.05, 0.1) is 12.2 Å². The number of carbonyl (C=O) groups is 1. The van der Waals surface area contributed by atoms with Crippen LogP contribution >= 0.6 is 0 Å². The van der Waals surface area contributed by atoms with Crippen LogP contribution in [0.3, 0.4) is 0 Å². The first-order valence-corrected chi connectivity index (χ1v) is 5.92. The minimum absolute atomic E-state index is 0.0910. The lowest BCUT2D eigenvalue weighted by molar-refractivity contribution is -0.139. The van der Waals surface area contributed by atoms with Gasteiger partial charge in [0.1, 0.15) is 0 Å². The van der Waals surface area contributed by atoms with E-state index < -0.39 is 11.7 Å². The van der Waals surface area contributed by atoms with Gasteiger partial charge in [0.2, 0.25) is 5.91 Å². The third-order valence-corrected chi connectivity index (χ3v) is 2.54. The Hall–Kier alpha value is -1.56. The zero-order valence-corrected chi connectivity index (χ0v) is 10.4. The smallest absolute Gasteiger partial charge is 0.377 e. The highest BCUT2D eigenvalue weighted by atomic mass is 19.4. The number of hydrogen-bond donors (Lipinski definition) is 1. The van der Waals surface area contributed by atoms with E-state index in [9.17, 15) is 18.0 Å². The molecule has 0 fully saturated rings. The van der Waals surface area contributed by atoms with Gasteiger partial charge in [0.15, 0.2) is 0 Å². The van der Waals surface area contributed by atoms with Crippen molar-refractivity contribution < 1.29 is 22.7 Å². The molecule has 2 N–H and O–H groups in total. The number of carbonyl (C=O) groups excluding carboxylic acids is 1. The monoisotopic (exact) mass is 275 g/mol. The van der Waals surface area contributed by atoms with E-state index in [1.807, 2.05) is 0 Å². The molecule has 0 radical (unpaired) electrons. The molecule has 1 aromatic carbocycles. The van der Waals surface area contributed by atoms with Crippen molar-refractivity contribution in [2.75, 3.05) is 6.61 Å². The van der Waals surface area contributed by atoms with E-state index in [2.05, 4.69) is 0 Å². The average molecular weight is 275 g/mol. The van der Waals surface area contributed by atoms with E-state index >= 15 is 0 Å². The maximum atomic E-state index is 12.7. The molecule has 0 saturated heterocycles. The summed E-state index contributed by atoms with van der Waals surface area (Å²) in [5.74, 6) is -0.387. The van der Waals surface area contributed by atoms with Crippen LogP contribution in [0.2, 0.25) is 0 Å². The van der Waals surface area contributed by atoms with Crippen molar-refractivity contribution in [2.45, 2.75) is 32.0 Å². The number of ether oxygens (including phenoxy) is 1. The van der Waals surface area contributed by atoms with Crippen molar-refractivity contribution in [1.82, 2.24) is 0 Å². The number of alkyl halides is 3. The fourth-order valence-corrected chi connectivity index (χ4v) is 1.61. The van der Waals surface area contributed by atoms with Crippen LogP contribution in [0.5, 0.6) is 0 Å². The van der Waals surface area contributed by atoms with Gasteiger partial charge in [-0.05, 0) is 24.5 Å². The first-order chi connectivity index (χ1) is 8.91. The summed E-state index contributed by atoms with van der Waals surface area (Å²) in [4.78, 5) is 10.5. The maximum absolute atomic E-state index is 12.7. The van der Waals surface area contributed by atoms with Gasteiger partial charge in [-0.15, -0.1) is 0 Å². The van der Waals surface area contributed by atoms with Crippen LogP contribution in [0, 0.1) is 0 Å². The Morgan fingerprint density at radius 3 is 2.53 bits per heavy atom. The van der Waals surface area contributed by atoms with Gasteiger partial charge >= 0.3 is 6.18 Å². The van der Waals surface area contributed by atoms with E-state index in [4.69, 9.17) is 10.5 Å². The lowest BCUT2D eigenvalue weighted by Gasteiger charge is -2.12. The van der Waals surface area contributed by atoms with E-state index in [1.165, 1.54) is 12.1 Å². The van der Waals surface area contributed by atoms with Crippen LogP contribution in [0.4, 0.5) is 13.2 Å². The molecule has 1 amide bonds. The Kier molecular flexibility index (Phi) is 5.82. The second kappa shape index (κ2) is 7.13. The predicted octanol–water partition coefficient (Wildman–Crippen LogP) is 2.88. The molecular formula is C13H16F3NO2. The lowest BCUT2D eigenvalue weighted by atomic mass is 10.1. The molecule has 1 aromatic rings. The van der Waals surface area contributed by atoms with Gasteiger partial charge in [0, 0.05) is 13.0 Å². The molecule has 19 heavy (non-hydrogen) atoms. The lowest BCUT2D eigenvalue weighted by Crippen LogP contribution is -2.11. The van der Waals surface area contributed by atoms with Crippen molar-refractivity contribution in [3.8, 4) is 0 Å². The maximum Gasteiger partial charge on any atom is 0.416 e. The molecule has 0 heterocycles. The highest BCUT2D eigenvalue weighted by Gasteiger charge is 2.32. The summed E-state index contributed by atoms with van der Waals surface area (Å²) >= 11 is 0. The SMILES string of the molecule is NC(=O)CCCCOCc1ccccc1C(F)(F)F. The van der Waals surface area contributed by atoms with Gasteiger partial charge in [-0.3, -0.25) is 4.79 Å². The molecule has 106 valence electrons. The van der Waals surface area contributed by atoms with E-state index in [0.717, 1.165) is 6.07 Å². The van der Waals surface area contributed by atoms with Crippen LogP contribution in [0.1, 0.15) is 30.4 Å². The quantitative estimate of drug-likeness (QED) is 0.778. The molecule has 1 rings (SSSR count). The molecule has 0 aliphatic heterocycles. The molecule has 0 unspecified atom stereocenters. The second-order valence-electron chi connectivity index (χ2n) is 4.13. The fraction of sp³-hybridized carbons (Fsp3) is 0.462. The number of amides is 1. The minimum Gasteiger partial charge on any atom is -0.377 e. The minimum atomic E-state index is -4.37. The number of nitrogens with two attached hydrogens (primary N) is 1. The molecule has 3 nitrogen and oxygen atoms in total. The molecule has 0 bridgehead atoms. The average Bonchev–Trinajstić information content (AvgIpc) is 2.32. The Morgan fingerprint density at radius 2 is 1.89 bits per heavy atom. The molecule has 0 aromatic heterocycles. The number of benzene rings is 1. The first kappa shape index (κ1) is 15.5. The highest BCUT2D eigenvalue weighted by Crippen LogP contribution is 2.32. The molecular weight excluding hydrogens is 259 g/mol. The van der Waals surface area contributed by atoms with Crippen molar-refractivity contribution in [3.63, 3.8) is 0 Å². The van der Waals surface area contributed by atoms with Gasteiger partial charge in [-0.1, -0.05) is 18.2 Å². The molecule has 0 saturated carbocycles. The summed E-state index contributed by atoms with van der Waals surface area (Å²) in [5, 5.41) is 0. The van der Waals surface area contributed by atoms with Crippen molar-refractivity contribution in [2.24, 2.45) is 5.73 Å². The number of unbranched alkanes of at least 4 members (excludes halogenated alkanes) is 1.